The van der Waals surface area contributed by atoms with Gasteiger partial charge in [-0.15, -0.1) is 0 Å². The molecular formula is C24H30N4O2S. The highest BCUT2D eigenvalue weighted by atomic mass is 32.2. The first-order valence-corrected chi connectivity index (χ1v) is 12.2. The molecule has 3 aliphatic rings. The molecule has 0 radical (unpaired) electrons. The van der Waals surface area contributed by atoms with E-state index in [9.17, 15) is 4.79 Å². The number of piperidine rings is 1. The number of benzene rings is 2. The topological polar surface area (TPSA) is 76.6 Å². The summed E-state index contributed by atoms with van der Waals surface area (Å²) in [5.41, 5.74) is 6.48. The molecule has 1 aliphatic carbocycles. The Kier molecular flexibility index (Phi) is 5.71. The number of carbonyl (C=O) groups is 1. The Morgan fingerprint density at radius 3 is 2.68 bits per heavy atom. The Labute approximate surface area is 187 Å². The van der Waals surface area contributed by atoms with E-state index in [0.29, 0.717) is 16.7 Å². The number of anilines is 4. The molecule has 1 saturated carbocycles. The van der Waals surface area contributed by atoms with Crippen LogP contribution >= 0.6 is 11.9 Å². The second kappa shape index (κ2) is 8.63. The quantitative estimate of drug-likeness (QED) is 0.381. The number of fused-ring (bicyclic) bond motifs is 1. The predicted octanol–water partition coefficient (Wildman–Crippen LogP) is 4.34. The van der Waals surface area contributed by atoms with Crippen LogP contribution in [0.4, 0.5) is 22.7 Å². The first-order chi connectivity index (χ1) is 15.2. The molecule has 2 heterocycles. The lowest BCUT2D eigenvalue weighted by atomic mass is 9.93. The Hall–Kier alpha value is -2.38. The number of amides is 1. The lowest BCUT2D eigenvalue weighted by molar-refractivity contribution is 0.102. The van der Waals surface area contributed by atoms with Gasteiger partial charge in [0.25, 0.3) is 5.91 Å². The molecule has 0 atom stereocenters. The fourth-order valence-electron chi connectivity index (χ4n) is 4.69. The molecule has 0 unspecified atom stereocenters. The molecule has 0 aromatic heterocycles. The number of aliphatic hydroxyl groups excluding tert-OH is 1. The Bertz CT molecular complexity index is 966. The zero-order valence-electron chi connectivity index (χ0n) is 17.7. The number of aliphatic hydroxyl groups is 1. The van der Waals surface area contributed by atoms with E-state index in [0.717, 1.165) is 48.8 Å². The van der Waals surface area contributed by atoms with Crippen molar-refractivity contribution in [2.45, 2.75) is 32.1 Å². The van der Waals surface area contributed by atoms with E-state index in [-0.39, 0.29) is 12.5 Å². The fraction of sp³-hybridized carbons (Fsp3) is 0.458. The average molecular weight is 439 g/mol. The summed E-state index contributed by atoms with van der Waals surface area (Å²) in [7, 11) is 0. The van der Waals surface area contributed by atoms with Gasteiger partial charge in [-0.3, -0.25) is 4.79 Å². The summed E-state index contributed by atoms with van der Waals surface area (Å²) in [6.45, 7) is 3.08. The second-order valence-corrected chi connectivity index (χ2v) is 9.80. The van der Waals surface area contributed by atoms with Crippen molar-refractivity contribution in [1.82, 2.24) is 0 Å². The van der Waals surface area contributed by atoms with E-state index in [2.05, 4.69) is 32.4 Å². The van der Waals surface area contributed by atoms with Crippen LogP contribution in [0, 0.1) is 5.41 Å². The number of rotatable bonds is 7. The van der Waals surface area contributed by atoms with Crippen molar-refractivity contribution in [2.24, 2.45) is 5.41 Å². The van der Waals surface area contributed by atoms with E-state index in [1.54, 1.807) is 0 Å². The highest BCUT2D eigenvalue weighted by molar-refractivity contribution is 8.00. The maximum Gasteiger partial charge on any atom is 0.257 e. The van der Waals surface area contributed by atoms with Crippen molar-refractivity contribution in [3.05, 3.63) is 47.5 Å². The highest BCUT2D eigenvalue weighted by Gasteiger charge is 2.44. The largest absolute Gasteiger partial charge is 0.395 e. The zero-order valence-corrected chi connectivity index (χ0v) is 18.6. The zero-order chi connectivity index (χ0) is 21.3. The van der Waals surface area contributed by atoms with Gasteiger partial charge >= 0.3 is 0 Å². The molecule has 6 nitrogen and oxygen atoms in total. The van der Waals surface area contributed by atoms with Crippen molar-refractivity contribution < 1.29 is 9.90 Å². The van der Waals surface area contributed by atoms with E-state index < -0.39 is 0 Å². The van der Waals surface area contributed by atoms with Crippen LogP contribution in [0.25, 0.3) is 0 Å². The van der Waals surface area contributed by atoms with Gasteiger partial charge in [-0.05, 0) is 73.4 Å². The third-order valence-electron chi connectivity index (χ3n) is 6.83. The van der Waals surface area contributed by atoms with Crippen LogP contribution in [0.1, 0.15) is 41.6 Å². The second-order valence-electron chi connectivity index (χ2n) is 8.90. The molecule has 31 heavy (non-hydrogen) atoms. The molecule has 0 bridgehead atoms. The average Bonchev–Trinajstić information content (AvgIpc) is 3.37. The molecule has 7 heteroatoms. The summed E-state index contributed by atoms with van der Waals surface area (Å²) < 4.78 is 3.29. The minimum atomic E-state index is -0.0748. The van der Waals surface area contributed by atoms with Crippen LogP contribution in [0.5, 0.6) is 0 Å². The number of nitrogens with one attached hydrogen (secondary N) is 3. The minimum Gasteiger partial charge on any atom is -0.395 e. The van der Waals surface area contributed by atoms with Gasteiger partial charge in [-0.1, -0.05) is 18.0 Å². The van der Waals surface area contributed by atoms with Gasteiger partial charge in [0.1, 0.15) is 0 Å². The monoisotopic (exact) mass is 438 g/mol. The lowest BCUT2D eigenvalue weighted by Crippen LogP contribution is -2.35. The van der Waals surface area contributed by atoms with Crippen LogP contribution in [-0.2, 0) is 6.42 Å². The summed E-state index contributed by atoms with van der Waals surface area (Å²) in [6, 6.07) is 12.0. The third kappa shape index (κ3) is 4.48. The summed E-state index contributed by atoms with van der Waals surface area (Å²) in [5.74, 6) is 0.546. The SMILES string of the molecule is O=C(Nc1ccc2c(c1)NCC2)c1ccc(NSCCO)cc1N1CCC2(CC1)CC2. The molecule has 1 saturated heterocycles. The van der Waals surface area contributed by atoms with Gasteiger partial charge in [-0.2, -0.15) is 0 Å². The third-order valence-corrected chi connectivity index (χ3v) is 7.59. The Morgan fingerprint density at radius 2 is 1.90 bits per heavy atom. The molecule has 4 N–H and O–H groups in total. The van der Waals surface area contributed by atoms with Crippen LogP contribution in [0.15, 0.2) is 36.4 Å². The number of hydrogen-bond acceptors (Lipinski definition) is 6. The first kappa shape index (κ1) is 20.5. The maximum absolute atomic E-state index is 13.3. The van der Waals surface area contributed by atoms with Crippen molar-refractivity contribution in [2.75, 3.05) is 52.2 Å². The summed E-state index contributed by atoms with van der Waals surface area (Å²) in [4.78, 5) is 15.6. The number of carbonyl (C=O) groups excluding carboxylic acids is 1. The van der Waals surface area contributed by atoms with Crippen molar-refractivity contribution >= 4 is 40.6 Å². The van der Waals surface area contributed by atoms with Gasteiger partial charge in [0.2, 0.25) is 0 Å². The Balaban J connectivity index is 1.37. The van der Waals surface area contributed by atoms with E-state index in [4.69, 9.17) is 5.11 Å². The molecular weight excluding hydrogens is 408 g/mol. The van der Waals surface area contributed by atoms with Crippen molar-refractivity contribution in [1.29, 1.82) is 0 Å². The predicted molar refractivity (Wildman–Crippen MR) is 129 cm³/mol. The van der Waals surface area contributed by atoms with Crippen LogP contribution in [0.2, 0.25) is 0 Å². The van der Waals surface area contributed by atoms with Crippen LogP contribution in [0.3, 0.4) is 0 Å². The molecule has 2 aromatic carbocycles. The summed E-state index contributed by atoms with van der Waals surface area (Å²) in [6.07, 6.45) is 6.18. The fourth-order valence-corrected chi connectivity index (χ4v) is 5.18. The summed E-state index contributed by atoms with van der Waals surface area (Å²) in [5, 5.41) is 15.5. The highest BCUT2D eigenvalue weighted by Crippen LogP contribution is 2.54. The maximum atomic E-state index is 13.3. The van der Waals surface area contributed by atoms with E-state index >= 15 is 0 Å². The number of hydrogen-bond donors (Lipinski definition) is 4. The molecule has 5 rings (SSSR count). The van der Waals surface area contributed by atoms with Gasteiger partial charge < -0.3 is 25.4 Å². The van der Waals surface area contributed by atoms with Gasteiger partial charge in [0.15, 0.2) is 0 Å². The molecule has 2 fully saturated rings. The smallest absolute Gasteiger partial charge is 0.257 e. The van der Waals surface area contributed by atoms with E-state index in [1.807, 2.05) is 24.3 Å². The molecule has 1 amide bonds. The molecule has 2 aliphatic heterocycles. The van der Waals surface area contributed by atoms with Gasteiger partial charge in [0, 0.05) is 42.4 Å². The normalized spacial score (nSPS) is 18.4. The standard InChI is InChI=1S/C24H30N4O2S/c29-13-14-31-27-19-3-4-20(22(16-19)28-11-8-24(6-7-24)9-12-28)23(30)26-18-2-1-17-5-10-25-21(17)15-18/h1-4,15-16,25,27,29H,5-14H2,(H,26,30). The molecule has 164 valence electrons. The Morgan fingerprint density at radius 1 is 1.10 bits per heavy atom. The van der Waals surface area contributed by atoms with Gasteiger partial charge in [-0.25, -0.2) is 0 Å². The minimum absolute atomic E-state index is 0.0748. The van der Waals surface area contributed by atoms with Crippen LogP contribution in [-0.4, -0.2) is 43.0 Å². The first-order valence-electron chi connectivity index (χ1n) is 11.2. The van der Waals surface area contributed by atoms with Crippen molar-refractivity contribution in [3.8, 4) is 0 Å². The number of nitrogens with zero attached hydrogens (tertiary/aromatic N) is 1. The van der Waals surface area contributed by atoms with E-state index in [1.165, 1.54) is 43.2 Å². The van der Waals surface area contributed by atoms with Crippen molar-refractivity contribution in [3.63, 3.8) is 0 Å². The van der Waals surface area contributed by atoms with Gasteiger partial charge in [0.05, 0.1) is 17.9 Å². The summed E-state index contributed by atoms with van der Waals surface area (Å²) >= 11 is 1.47. The molecule has 1 spiro atoms. The van der Waals surface area contributed by atoms with Crippen LogP contribution < -0.4 is 20.3 Å². The lowest BCUT2D eigenvalue weighted by Gasteiger charge is -2.35. The molecule has 2 aromatic rings.